The van der Waals surface area contributed by atoms with Crippen LogP contribution in [0.1, 0.15) is 96.8 Å². The lowest BCUT2D eigenvalue weighted by molar-refractivity contribution is -0.119. The van der Waals surface area contributed by atoms with Gasteiger partial charge in [-0.2, -0.15) is 0 Å². The molecule has 1 aromatic carbocycles. The largest absolute Gasteiger partial charge is 0.477 e. The molecule has 0 spiro atoms. The Morgan fingerprint density at radius 2 is 1.43 bits per heavy atom. The molecule has 0 amide bonds. The van der Waals surface area contributed by atoms with Crippen molar-refractivity contribution in [1.82, 2.24) is 4.90 Å². The van der Waals surface area contributed by atoms with E-state index in [-0.39, 0.29) is 10.8 Å². The molecule has 0 N–H and O–H groups in total. The molecular formula is C26H39NO. The third-order valence-electron chi connectivity index (χ3n) is 8.24. The average molecular weight is 382 g/mol. The Labute approximate surface area is 172 Å². The van der Waals surface area contributed by atoms with Gasteiger partial charge in [-0.05, 0) is 72.7 Å². The maximum absolute atomic E-state index is 6.58. The molecule has 0 unspecified atom stereocenters. The zero-order chi connectivity index (χ0) is 19.9. The second-order valence-electron chi connectivity index (χ2n) is 12.6. The van der Waals surface area contributed by atoms with Gasteiger partial charge in [-0.15, -0.1) is 0 Å². The maximum Gasteiger partial charge on any atom is 0.142 e. The van der Waals surface area contributed by atoms with Crippen LogP contribution in [0.3, 0.4) is 0 Å². The van der Waals surface area contributed by atoms with Gasteiger partial charge in [-0.1, -0.05) is 53.7 Å². The molecule has 1 heterocycles. The zero-order valence-corrected chi connectivity index (χ0v) is 18.9. The van der Waals surface area contributed by atoms with Gasteiger partial charge >= 0.3 is 0 Å². The van der Waals surface area contributed by atoms with Crippen LogP contribution < -0.4 is 4.74 Å². The molecule has 28 heavy (non-hydrogen) atoms. The summed E-state index contributed by atoms with van der Waals surface area (Å²) < 4.78 is 6.58. The molecular weight excluding hydrogens is 342 g/mol. The molecule has 5 aliphatic rings. The molecule has 0 aromatic heterocycles. The van der Waals surface area contributed by atoms with Crippen LogP contribution >= 0.6 is 0 Å². The molecule has 2 nitrogen and oxygen atoms in total. The quantitative estimate of drug-likeness (QED) is 0.558. The van der Waals surface area contributed by atoms with Gasteiger partial charge in [0.25, 0.3) is 0 Å². The highest BCUT2D eigenvalue weighted by atomic mass is 16.5. The second kappa shape index (κ2) is 6.00. The van der Waals surface area contributed by atoms with Crippen molar-refractivity contribution in [3.63, 3.8) is 0 Å². The first-order valence-electron chi connectivity index (χ1n) is 11.6. The Balaban J connectivity index is 1.52. The van der Waals surface area contributed by atoms with Crippen LogP contribution in [0.15, 0.2) is 12.1 Å². The van der Waals surface area contributed by atoms with Crippen molar-refractivity contribution in [1.29, 1.82) is 0 Å². The SMILES string of the molecule is CC(C)(C)c1cc2c(c(C(C)(C)C)c1)OCN(C13CC4CC(CC(C4)C1)C3)C2. The summed E-state index contributed by atoms with van der Waals surface area (Å²) in [7, 11) is 0. The van der Waals surface area contributed by atoms with Crippen molar-refractivity contribution >= 4 is 0 Å². The van der Waals surface area contributed by atoms with Crippen molar-refractivity contribution in [2.45, 2.75) is 103 Å². The summed E-state index contributed by atoms with van der Waals surface area (Å²) in [4.78, 5) is 2.75. The smallest absolute Gasteiger partial charge is 0.142 e. The average Bonchev–Trinajstić information content (AvgIpc) is 2.57. The van der Waals surface area contributed by atoms with E-state index >= 15 is 0 Å². The molecule has 154 valence electrons. The molecule has 0 radical (unpaired) electrons. The van der Waals surface area contributed by atoms with E-state index in [9.17, 15) is 0 Å². The van der Waals surface area contributed by atoms with Crippen molar-refractivity contribution in [3.8, 4) is 5.75 Å². The minimum absolute atomic E-state index is 0.105. The Hall–Kier alpha value is -1.02. The molecule has 0 atom stereocenters. The van der Waals surface area contributed by atoms with Crippen LogP contribution in [0, 0.1) is 17.8 Å². The van der Waals surface area contributed by atoms with Crippen molar-refractivity contribution in [2.75, 3.05) is 6.73 Å². The highest BCUT2D eigenvalue weighted by molar-refractivity contribution is 5.50. The normalized spacial score (nSPS) is 35.0. The monoisotopic (exact) mass is 381 g/mol. The van der Waals surface area contributed by atoms with E-state index in [2.05, 4.69) is 58.6 Å². The van der Waals surface area contributed by atoms with E-state index in [0.717, 1.165) is 31.0 Å². The van der Waals surface area contributed by atoms with E-state index in [1.165, 1.54) is 61.0 Å². The summed E-state index contributed by atoms with van der Waals surface area (Å²) in [6, 6.07) is 4.87. The summed E-state index contributed by atoms with van der Waals surface area (Å²) in [5.74, 6) is 4.14. The van der Waals surface area contributed by atoms with E-state index in [1.54, 1.807) is 0 Å². The number of hydrogen-bond acceptors (Lipinski definition) is 2. The zero-order valence-electron chi connectivity index (χ0n) is 18.9. The molecule has 4 aliphatic carbocycles. The summed E-state index contributed by atoms with van der Waals surface area (Å²) in [5, 5.41) is 0. The van der Waals surface area contributed by atoms with Gasteiger partial charge in [-0.25, -0.2) is 0 Å². The number of nitrogens with zero attached hydrogens (tertiary/aromatic N) is 1. The minimum atomic E-state index is 0.105. The molecule has 2 heteroatoms. The molecule has 6 rings (SSSR count). The summed E-state index contributed by atoms with van der Waals surface area (Å²) in [6.07, 6.45) is 8.78. The third-order valence-corrected chi connectivity index (χ3v) is 8.24. The first-order chi connectivity index (χ1) is 13.0. The van der Waals surface area contributed by atoms with Gasteiger partial charge in [-0.3, -0.25) is 4.90 Å². The van der Waals surface area contributed by atoms with Gasteiger partial charge in [0.2, 0.25) is 0 Å². The maximum atomic E-state index is 6.58. The van der Waals surface area contributed by atoms with Crippen LogP contribution in [0.4, 0.5) is 0 Å². The predicted molar refractivity (Wildman–Crippen MR) is 116 cm³/mol. The molecule has 1 aliphatic heterocycles. The summed E-state index contributed by atoms with van der Waals surface area (Å²) >= 11 is 0. The lowest BCUT2D eigenvalue weighted by atomic mass is 9.52. The van der Waals surface area contributed by atoms with Crippen LogP contribution in [0.2, 0.25) is 0 Å². The minimum Gasteiger partial charge on any atom is -0.477 e. The number of rotatable bonds is 1. The number of fused-ring (bicyclic) bond motifs is 1. The fourth-order valence-electron chi connectivity index (χ4n) is 7.12. The first kappa shape index (κ1) is 19.0. The number of benzene rings is 1. The Bertz CT molecular complexity index is 744. The first-order valence-corrected chi connectivity index (χ1v) is 11.6. The lowest BCUT2D eigenvalue weighted by Crippen LogP contribution is -2.61. The van der Waals surface area contributed by atoms with Crippen molar-refractivity contribution < 1.29 is 4.74 Å². The third kappa shape index (κ3) is 3.02. The Kier molecular flexibility index (Phi) is 4.07. The highest BCUT2D eigenvalue weighted by Gasteiger charge is 2.54. The number of ether oxygens (including phenoxy) is 1. The lowest BCUT2D eigenvalue weighted by Gasteiger charge is -2.61. The molecule has 4 bridgehead atoms. The Morgan fingerprint density at radius 3 is 1.93 bits per heavy atom. The van der Waals surface area contributed by atoms with Crippen molar-refractivity contribution in [3.05, 3.63) is 28.8 Å². The molecule has 0 saturated heterocycles. The summed E-state index contributed by atoms with van der Waals surface area (Å²) in [6.45, 7) is 15.8. The second-order valence-corrected chi connectivity index (χ2v) is 12.6. The standard InChI is InChI=1S/C26H39NO/c1-24(2,3)21-10-20-15-27(16-28-23(20)22(11-21)25(4,5)6)26-12-17-7-18(13-26)9-19(8-17)14-26/h10-11,17-19H,7-9,12-16H2,1-6H3. The van der Waals surface area contributed by atoms with E-state index < -0.39 is 0 Å². The van der Waals surface area contributed by atoms with Crippen LogP contribution in [0.5, 0.6) is 5.75 Å². The number of hydrogen-bond donors (Lipinski definition) is 0. The van der Waals surface area contributed by atoms with Gasteiger partial charge < -0.3 is 4.74 Å². The van der Waals surface area contributed by atoms with E-state index in [1.807, 2.05) is 0 Å². The molecule has 4 saturated carbocycles. The van der Waals surface area contributed by atoms with Crippen LogP contribution in [0.25, 0.3) is 0 Å². The fourth-order valence-corrected chi connectivity index (χ4v) is 7.12. The molecule has 4 fully saturated rings. The van der Waals surface area contributed by atoms with Gasteiger partial charge in [0, 0.05) is 23.2 Å². The Morgan fingerprint density at radius 1 is 0.857 bits per heavy atom. The molecule has 1 aromatic rings. The van der Waals surface area contributed by atoms with E-state index in [0.29, 0.717) is 5.54 Å². The highest BCUT2D eigenvalue weighted by Crippen LogP contribution is 2.58. The van der Waals surface area contributed by atoms with Gasteiger partial charge in [0.15, 0.2) is 0 Å². The van der Waals surface area contributed by atoms with Crippen molar-refractivity contribution in [2.24, 2.45) is 17.8 Å². The topological polar surface area (TPSA) is 12.5 Å². The summed E-state index contributed by atoms with van der Waals surface area (Å²) in [5.41, 5.74) is 4.96. The van der Waals surface area contributed by atoms with E-state index in [4.69, 9.17) is 4.74 Å². The van der Waals surface area contributed by atoms with Crippen LogP contribution in [-0.2, 0) is 17.4 Å². The fraction of sp³-hybridized carbons (Fsp3) is 0.769. The van der Waals surface area contributed by atoms with Gasteiger partial charge in [0.1, 0.15) is 12.5 Å². The van der Waals surface area contributed by atoms with Crippen LogP contribution in [-0.4, -0.2) is 17.2 Å². The predicted octanol–water partition coefficient (Wildman–Crippen LogP) is 6.40. The van der Waals surface area contributed by atoms with Gasteiger partial charge in [0.05, 0.1) is 0 Å².